The van der Waals surface area contributed by atoms with Gasteiger partial charge in [-0.2, -0.15) is 0 Å². The number of ketones is 1. The highest BCUT2D eigenvalue weighted by Crippen LogP contribution is 2.79. The molecule has 0 radical (unpaired) electrons. The second kappa shape index (κ2) is 5.81. The second-order valence-corrected chi connectivity index (χ2v) is 11.3. The highest BCUT2D eigenvalue weighted by atomic mass is 16.6. The Bertz CT molecular complexity index is 938. The van der Waals surface area contributed by atoms with E-state index in [9.17, 15) is 14.4 Å². The molecule has 0 bridgehead atoms. The van der Waals surface area contributed by atoms with Crippen molar-refractivity contribution in [2.45, 2.75) is 83.0 Å². The molecule has 6 rings (SSSR count). The largest absolute Gasteiger partial charge is 0.469 e. The van der Waals surface area contributed by atoms with Gasteiger partial charge in [0.05, 0.1) is 19.1 Å². The minimum atomic E-state index is -0.452. The lowest BCUT2D eigenvalue weighted by molar-refractivity contribution is -0.180. The summed E-state index contributed by atoms with van der Waals surface area (Å²) < 4.78 is 18.1. The minimum Gasteiger partial charge on any atom is -0.469 e. The first-order valence-corrected chi connectivity index (χ1v) is 11.9. The Hall–Kier alpha value is -1.69. The number of hydrogen-bond acceptors (Lipinski definition) is 6. The van der Waals surface area contributed by atoms with Crippen LogP contribution in [0.1, 0.15) is 65.7 Å². The third-order valence-electron chi connectivity index (χ3n) is 10.8. The molecule has 0 aromatic rings. The van der Waals surface area contributed by atoms with Crippen LogP contribution in [0.2, 0.25) is 0 Å². The summed E-state index contributed by atoms with van der Waals surface area (Å²) in [5.41, 5.74) is -0.295. The van der Waals surface area contributed by atoms with Gasteiger partial charge in [-0.15, -0.1) is 0 Å². The van der Waals surface area contributed by atoms with Crippen LogP contribution >= 0.6 is 0 Å². The number of epoxide rings is 1. The van der Waals surface area contributed by atoms with E-state index in [1.807, 2.05) is 0 Å². The van der Waals surface area contributed by atoms with Gasteiger partial charge in [-0.3, -0.25) is 14.4 Å². The van der Waals surface area contributed by atoms with Gasteiger partial charge < -0.3 is 14.2 Å². The molecule has 0 N–H and O–H groups in total. The average Bonchev–Trinajstić information content (AvgIpc) is 3.28. The first kappa shape index (κ1) is 20.0. The summed E-state index contributed by atoms with van der Waals surface area (Å²) in [5, 5.41) is 0. The van der Waals surface area contributed by atoms with Gasteiger partial charge >= 0.3 is 11.9 Å². The monoisotopic (exact) mass is 428 g/mol. The maximum Gasteiger partial charge on any atom is 0.309 e. The Labute approximate surface area is 183 Å². The summed E-state index contributed by atoms with van der Waals surface area (Å²) >= 11 is 0. The molecule has 6 heteroatoms. The third kappa shape index (κ3) is 2.03. The molecule has 6 aliphatic rings. The Morgan fingerprint density at radius 1 is 1.16 bits per heavy atom. The molecule has 5 fully saturated rings. The van der Waals surface area contributed by atoms with Crippen molar-refractivity contribution in [1.82, 2.24) is 0 Å². The smallest absolute Gasteiger partial charge is 0.309 e. The molecule has 0 aromatic carbocycles. The molecule has 31 heavy (non-hydrogen) atoms. The third-order valence-corrected chi connectivity index (χ3v) is 10.8. The van der Waals surface area contributed by atoms with E-state index < -0.39 is 11.2 Å². The quantitative estimate of drug-likeness (QED) is 0.470. The van der Waals surface area contributed by atoms with E-state index in [1.165, 1.54) is 7.11 Å². The molecule has 0 aromatic heterocycles. The standard InChI is InChI=1S/C25H32O6/c1-13-20-25(31-20)19(17-6-9-24(23(13,17)3)10-7-18(27)30-24)16(21(28)29-4)12-14-11-15(26)5-8-22(14,25)2/h11,13,16-17,19-20H,5-10,12H2,1-4H3/t13?,16-,17?,19?,20-,22+,23+,24-,25+/m1/s1. The summed E-state index contributed by atoms with van der Waals surface area (Å²) in [4.78, 5) is 37.6. The molecule has 3 unspecified atom stereocenters. The molecular formula is C25H32O6. The lowest BCUT2D eigenvalue weighted by atomic mass is 9.41. The summed E-state index contributed by atoms with van der Waals surface area (Å²) in [6, 6.07) is 0. The molecule has 0 amide bonds. The number of rotatable bonds is 1. The molecule has 2 spiro atoms. The van der Waals surface area contributed by atoms with E-state index in [4.69, 9.17) is 14.2 Å². The van der Waals surface area contributed by atoms with E-state index in [1.54, 1.807) is 6.08 Å². The zero-order valence-corrected chi connectivity index (χ0v) is 18.9. The van der Waals surface area contributed by atoms with E-state index >= 15 is 0 Å². The molecule has 2 heterocycles. The first-order valence-electron chi connectivity index (χ1n) is 11.9. The van der Waals surface area contributed by atoms with Gasteiger partial charge in [0, 0.05) is 29.6 Å². The Balaban J connectivity index is 1.52. The average molecular weight is 429 g/mol. The predicted molar refractivity (Wildman–Crippen MR) is 110 cm³/mol. The summed E-state index contributed by atoms with van der Waals surface area (Å²) in [5.74, 6) is -0.0554. The minimum absolute atomic E-state index is 0.00193. The van der Waals surface area contributed by atoms with Gasteiger partial charge in [0.1, 0.15) is 11.2 Å². The van der Waals surface area contributed by atoms with Gasteiger partial charge in [0.2, 0.25) is 0 Å². The number of ether oxygens (including phenoxy) is 3. The summed E-state index contributed by atoms with van der Waals surface area (Å²) in [7, 11) is 1.45. The highest BCUT2D eigenvalue weighted by molar-refractivity contribution is 5.92. The van der Waals surface area contributed by atoms with Crippen molar-refractivity contribution < 1.29 is 28.6 Å². The van der Waals surface area contributed by atoms with E-state index in [0.29, 0.717) is 19.3 Å². The second-order valence-electron chi connectivity index (χ2n) is 11.3. The van der Waals surface area contributed by atoms with Crippen molar-refractivity contribution in [2.75, 3.05) is 7.11 Å². The van der Waals surface area contributed by atoms with Crippen LogP contribution in [0, 0.1) is 34.5 Å². The van der Waals surface area contributed by atoms with Crippen LogP contribution in [0.4, 0.5) is 0 Å². The van der Waals surface area contributed by atoms with Crippen LogP contribution in [0.15, 0.2) is 11.6 Å². The highest BCUT2D eigenvalue weighted by Gasteiger charge is 2.85. The van der Waals surface area contributed by atoms with Crippen molar-refractivity contribution in [3.8, 4) is 0 Å². The molecular weight excluding hydrogens is 396 g/mol. The zero-order chi connectivity index (χ0) is 22.0. The zero-order valence-electron chi connectivity index (χ0n) is 18.9. The molecule has 9 atom stereocenters. The number of hydrogen-bond donors (Lipinski definition) is 0. The van der Waals surface area contributed by atoms with E-state index in [0.717, 1.165) is 31.3 Å². The van der Waals surface area contributed by atoms with Crippen LogP contribution in [-0.2, 0) is 28.6 Å². The number of carbonyl (C=O) groups is 3. The molecule has 2 saturated heterocycles. The van der Waals surface area contributed by atoms with Crippen LogP contribution in [0.5, 0.6) is 0 Å². The van der Waals surface area contributed by atoms with Crippen molar-refractivity contribution in [2.24, 2.45) is 34.5 Å². The number of carbonyl (C=O) groups excluding carboxylic acids is 3. The molecule has 4 aliphatic carbocycles. The van der Waals surface area contributed by atoms with Crippen molar-refractivity contribution in [3.05, 3.63) is 11.6 Å². The number of esters is 2. The SMILES string of the molecule is COC(=O)[C@@H]1CC2=CC(=O)CC[C@]2(C)[C@@]23O[C@@H]2C(C)[C@@]2(C)C(CC[C@@]24CCC(=O)O4)C13. The van der Waals surface area contributed by atoms with Gasteiger partial charge in [-0.05, 0) is 50.0 Å². The van der Waals surface area contributed by atoms with Gasteiger partial charge in [-0.1, -0.05) is 26.3 Å². The molecule has 2 aliphatic heterocycles. The van der Waals surface area contributed by atoms with Crippen molar-refractivity contribution in [1.29, 1.82) is 0 Å². The van der Waals surface area contributed by atoms with E-state index in [2.05, 4.69) is 20.8 Å². The van der Waals surface area contributed by atoms with Crippen molar-refractivity contribution in [3.63, 3.8) is 0 Å². The fraction of sp³-hybridized carbons (Fsp3) is 0.800. The van der Waals surface area contributed by atoms with Crippen LogP contribution in [-0.4, -0.2) is 42.1 Å². The van der Waals surface area contributed by atoms with Crippen LogP contribution in [0.25, 0.3) is 0 Å². The fourth-order valence-corrected chi connectivity index (χ4v) is 9.14. The van der Waals surface area contributed by atoms with Gasteiger partial charge in [-0.25, -0.2) is 0 Å². The lowest BCUT2D eigenvalue weighted by Gasteiger charge is -2.60. The Morgan fingerprint density at radius 3 is 2.61 bits per heavy atom. The fourth-order valence-electron chi connectivity index (χ4n) is 9.14. The molecule has 168 valence electrons. The van der Waals surface area contributed by atoms with E-state index in [-0.39, 0.29) is 58.3 Å². The lowest BCUT2D eigenvalue weighted by Crippen LogP contribution is -2.65. The predicted octanol–water partition coefficient (Wildman–Crippen LogP) is 3.37. The molecule has 6 nitrogen and oxygen atoms in total. The number of fused-ring (bicyclic) bond motifs is 4. The van der Waals surface area contributed by atoms with Gasteiger partial charge in [0.25, 0.3) is 0 Å². The first-order chi connectivity index (χ1) is 14.6. The normalized spacial score (nSPS) is 54.3. The summed E-state index contributed by atoms with van der Waals surface area (Å²) in [6.45, 7) is 6.79. The van der Waals surface area contributed by atoms with Crippen molar-refractivity contribution >= 4 is 17.7 Å². The van der Waals surface area contributed by atoms with Gasteiger partial charge in [0.15, 0.2) is 5.78 Å². The van der Waals surface area contributed by atoms with Crippen LogP contribution < -0.4 is 0 Å². The maximum absolute atomic E-state index is 13.1. The maximum atomic E-state index is 13.1. The summed E-state index contributed by atoms with van der Waals surface area (Å²) in [6.07, 6.45) is 6.68. The van der Waals surface area contributed by atoms with Crippen LogP contribution in [0.3, 0.4) is 0 Å². The topological polar surface area (TPSA) is 82.2 Å². The number of methoxy groups -OCH3 is 1. The Kier molecular flexibility index (Phi) is 3.74. The molecule has 3 saturated carbocycles. The Morgan fingerprint density at radius 2 is 1.94 bits per heavy atom.